The van der Waals surface area contributed by atoms with E-state index in [1.807, 2.05) is 0 Å². The molecule has 0 aliphatic rings. The Kier molecular flexibility index (Phi) is 2.13. The molecule has 0 fully saturated rings. The molecule has 0 radical (unpaired) electrons. The highest BCUT2D eigenvalue weighted by Crippen LogP contribution is 2.29. The van der Waals surface area contributed by atoms with Gasteiger partial charge in [-0.3, -0.25) is 0 Å². The predicted molar refractivity (Wildman–Crippen MR) is 64.6 cm³/mol. The number of H-pyrrole nitrogens is 1. The topological polar surface area (TPSA) is 86.5 Å². The minimum absolute atomic E-state index is 0.103. The highest BCUT2D eigenvalue weighted by molar-refractivity contribution is 5.96. The van der Waals surface area contributed by atoms with Gasteiger partial charge in [-0.25, -0.2) is 4.79 Å². The molecule has 0 saturated heterocycles. The van der Waals surface area contributed by atoms with Crippen LogP contribution < -0.4 is 0 Å². The lowest BCUT2D eigenvalue weighted by molar-refractivity contribution is 0.0697. The van der Waals surface area contributed by atoms with E-state index in [4.69, 9.17) is 9.52 Å². The van der Waals surface area contributed by atoms with E-state index in [2.05, 4.69) is 4.98 Å². The van der Waals surface area contributed by atoms with Crippen LogP contribution in [0.2, 0.25) is 0 Å². The van der Waals surface area contributed by atoms with Crippen LogP contribution in [0.15, 0.2) is 41.0 Å². The number of phenolic OH excluding ortho intramolecular Hbond substituents is 1. The number of nitrogens with one attached hydrogen (secondary N) is 1. The van der Waals surface area contributed by atoms with Crippen molar-refractivity contribution >= 4 is 16.9 Å². The van der Waals surface area contributed by atoms with Gasteiger partial charge in [-0.1, -0.05) is 0 Å². The van der Waals surface area contributed by atoms with E-state index >= 15 is 0 Å². The molecule has 0 unspecified atom stereocenters. The SMILES string of the molecule is O=C(O)c1ccoc1-c1cc2cc(O)ccc2[nH]1. The molecule has 3 N–H and O–H groups in total. The van der Waals surface area contributed by atoms with Gasteiger partial charge in [0.05, 0.1) is 12.0 Å². The van der Waals surface area contributed by atoms with Crippen LogP contribution in [0.5, 0.6) is 5.75 Å². The zero-order valence-electron chi connectivity index (χ0n) is 9.18. The Morgan fingerprint density at radius 1 is 1.22 bits per heavy atom. The highest BCUT2D eigenvalue weighted by atomic mass is 16.4. The standard InChI is InChI=1S/C13H9NO4/c15-8-1-2-10-7(5-8)6-11(14-10)12-9(13(16)17)3-4-18-12/h1-6,14-15H,(H,16,17). The smallest absolute Gasteiger partial charge is 0.339 e. The molecule has 18 heavy (non-hydrogen) atoms. The van der Waals surface area contributed by atoms with Crippen LogP contribution in [0.4, 0.5) is 0 Å². The van der Waals surface area contributed by atoms with Crippen LogP contribution in [0, 0.1) is 0 Å². The molecular formula is C13H9NO4. The fourth-order valence-corrected chi connectivity index (χ4v) is 1.93. The summed E-state index contributed by atoms with van der Waals surface area (Å²) < 4.78 is 5.20. The Balaban J connectivity index is 2.19. The predicted octanol–water partition coefficient (Wildman–Crippen LogP) is 2.83. The fraction of sp³-hybridized carbons (Fsp3) is 0. The Bertz CT molecular complexity index is 738. The van der Waals surface area contributed by atoms with Crippen LogP contribution in [0.3, 0.4) is 0 Å². The molecule has 1 aromatic carbocycles. The maximum Gasteiger partial charge on any atom is 0.339 e. The summed E-state index contributed by atoms with van der Waals surface area (Å²) >= 11 is 0. The van der Waals surface area contributed by atoms with E-state index in [0.717, 1.165) is 10.9 Å². The van der Waals surface area contributed by atoms with Crippen molar-refractivity contribution in [1.82, 2.24) is 4.98 Å². The maximum atomic E-state index is 11.0. The number of benzene rings is 1. The van der Waals surface area contributed by atoms with Crippen LogP contribution in [-0.4, -0.2) is 21.2 Å². The summed E-state index contributed by atoms with van der Waals surface area (Å²) in [5.74, 6) is -0.607. The minimum Gasteiger partial charge on any atom is -0.508 e. The van der Waals surface area contributed by atoms with Gasteiger partial charge >= 0.3 is 5.97 Å². The van der Waals surface area contributed by atoms with Crippen molar-refractivity contribution in [3.8, 4) is 17.2 Å². The normalized spacial score (nSPS) is 10.9. The first-order valence-corrected chi connectivity index (χ1v) is 5.28. The van der Waals surface area contributed by atoms with Gasteiger partial charge in [0.1, 0.15) is 11.3 Å². The molecule has 3 aromatic rings. The number of carboxylic acid groups (broad SMARTS) is 1. The molecule has 0 aliphatic heterocycles. The maximum absolute atomic E-state index is 11.0. The van der Waals surface area contributed by atoms with Gasteiger partial charge in [0.25, 0.3) is 0 Å². The Hall–Kier alpha value is -2.69. The molecule has 0 aliphatic carbocycles. The lowest BCUT2D eigenvalue weighted by Crippen LogP contribution is -1.95. The molecule has 2 heterocycles. The van der Waals surface area contributed by atoms with Crippen LogP contribution in [0.1, 0.15) is 10.4 Å². The number of hydrogen-bond donors (Lipinski definition) is 3. The van der Waals surface area contributed by atoms with E-state index < -0.39 is 5.97 Å². The molecule has 0 bridgehead atoms. The molecule has 0 saturated carbocycles. The largest absolute Gasteiger partial charge is 0.508 e. The van der Waals surface area contributed by atoms with E-state index in [9.17, 15) is 9.90 Å². The number of phenols is 1. The first-order chi connectivity index (χ1) is 8.65. The Labute approximate surface area is 101 Å². The quantitative estimate of drug-likeness (QED) is 0.645. The number of carboxylic acids is 1. The summed E-state index contributed by atoms with van der Waals surface area (Å²) in [5.41, 5.74) is 1.47. The summed E-state index contributed by atoms with van der Waals surface area (Å²) in [6.07, 6.45) is 1.34. The van der Waals surface area contributed by atoms with E-state index in [1.54, 1.807) is 24.3 Å². The van der Waals surface area contributed by atoms with Crippen molar-refractivity contribution in [2.24, 2.45) is 0 Å². The van der Waals surface area contributed by atoms with Gasteiger partial charge in [-0.2, -0.15) is 0 Å². The number of aromatic hydroxyl groups is 1. The average molecular weight is 243 g/mol. The summed E-state index contributed by atoms with van der Waals surface area (Å²) in [4.78, 5) is 14.1. The molecule has 0 spiro atoms. The molecule has 0 amide bonds. The minimum atomic E-state index is -1.04. The van der Waals surface area contributed by atoms with Crippen molar-refractivity contribution in [2.45, 2.75) is 0 Å². The van der Waals surface area contributed by atoms with Gasteiger partial charge in [-0.05, 0) is 30.3 Å². The van der Waals surface area contributed by atoms with Crippen molar-refractivity contribution in [3.63, 3.8) is 0 Å². The van der Waals surface area contributed by atoms with Gasteiger partial charge in [0.15, 0.2) is 5.76 Å². The third-order valence-corrected chi connectivity index (χ3v) is 2.74. The second-order valence-corrected chi connectivity index (χ2v) is 3.92. The monoisotopic (exact) mass is 243 g/mol. The van der Waals surface area contributed by atoms with E-state index in [0.29, 0.717) is 5.69 Å². The number of aromatic amines is 1. The molecule has 3 rings (SSSR count). The van der Waals surface area contributed by atoms with Crippen molar-refractivity contribution < 1.29 is 19.4 Å². The number of aromatic nitrogens is 1. The Morgan fingerprint density at radius 3 is 2.83 bits per heavy atom. The fourth-order valence-electron chi connectivity index (χ4n) is 1.93. The molecular weight excluding hydrogens is 234 g/mol. The molecule has 2 aromatic heterocycles. The molecule has 90 valence electrons. The first-order valence-electron chi connectivity index (χ1n) is 5.28. The lowest BCUT2D eigenvalue weighted by Gasteiger charge is -1.94. The summed E-state index contributed by atoms with van der Waals surface area (Å²) in [5, 5.41) is 19.2. The van der Waals surface area contributed by atoms with Gasteiger partial charge in [0.2, 0.25) is 0 Å². The van der Waals surface area contributed by atoms with Gasteiger partial charge < -0.3 is 19.6 Å². The van der Waals surface area contributed by atoms with Crippen molar-refractivity contribution in [3.05, 3.63) is 42.2 Å². The number of aromatic carboxylic acids is 1. The number of carbonyl (C=O) groups is 1. The average Bonchev–Trinajstić information content (AvgIpc) is 2.93. The first kappa shape index (κ1) is 10.5. The van der Waals surface area contributed by atoms with Gasteiger partial charge in [-0.15, -0.1) is 0 Å². The number of furan rings is 1. The van der Waals surface area contributed by atoms with E-state index in [1.165, 1.54) is 12.3 Å². The van der Waals surface area contributed by atoms with Crippen molar-refractivity contribution in [2.75, 3.05) is 0 Å². The van der Waals surface area contributed by atoms with Crippen LogP contribution in [-0.2, 0) is 0 Å². The second kappa shape index (κ2) is 3.66. The number of hydrogen-bond acceptors (Lipinski definition) is 3. The lowest BCUT2D eigenvalue weighted by atomic mass is 10.2. The summed E-state index contributed by atoms with van der Waals surface area (Å²) in [6, 6.07) is 8.01. The van der Waals surface area contributed by atoms with Gasteiger partial charge in [0, 0.05) is 10.9 Å². The zero-order chi connectivity index (χ0) is 12.7. The molecule has 5 nitrogen and oxygen atoms in total. The third kappa shape index (κ3) is 1.53. The van der Waals surface area contributed by atoms with Crippen LogP contribution >= 0.6 is 0 Å². The second-order valence-electron chi connectivity index (χ2n) is 3.92. The third-order valence-electron chi connectivity index (χ3n) is 2.74. The molecule has 5 heteroatoms. The summed E-state index contributed by atoms with van der Waals surface area (Å²) in [6.45, 7) is 0. The van der Waals surface area contributed by atoms with Crippen LogP contribution in [0.25, 0.3) is 22.4 Å². The van der Waals surface area contributed by atoms with Crippen molar-refractivity contribution in [1.29, 1.82) is 0 Å². The Morgan fingerprint density at radius 2 is 2.06 bits per heavy atom. The molecule has 0 atom stereocenters. The summed E-state index contributed by atoms with van der Waals surface area (Å²) in [7, 11) is 0. The van der Waals surface area contributed by atoms with E-state index in [-0.39, 0.29) is 17.1 Å². The zero-order valence-corrected chi connectivity index (χ0v) is 9.18. The number of fused-ring (bicyclic) bond motifs is 1. The number of rotatable bonds is 2. The highest BCUT2D eigenvalue weighted by Gasteiger charge is 2.16.